The molecule has 35 heavy (non-hydrogen) atoms. The van der Waals surface area contributed by atoms with Gasteiger partial charge in [-0.05, 0) is 80.8 Å². The van der Waals surface area contributed by atoms with Crippen LogP contribution in [0.3, 0.4) is 0 Å². The lowest BCUT2D eigenvalue weighted by atomic mass is 9.71. The molecule has 3 rings (SSSR count). The summed E-state index contributed by atoms with van der Waals surface area (Å²) in [7, 11) is 0. The molecular formula is C29H36O6. The molecule has 0 amide bonds. The normalized spacial score (nSPS) is 15.5. The Hall–Kier alpha value is -3.06. The lowest BCUT2D eigenvalue weighted by Crippen LogP contribution is -2.25. The van der Waals surface area contributed by atoms with Crippen LogP contribution in [0.1, 0.15) is 44.4 Å². The molecule has 0 fully saturated rings. The Morgan fingerprint density at radius 2 is 0.743 bits per heavy atom. The van der Waals surface area contributed by atoms with Crippen molar-refractivity contribution >= 4 is 0 Å². The molecule has 0 aliphatic heterocycles. The molecule has 0 saturated heterocycles. The van der Waals surface area contributed by atoms with E-state index < -0.39 is 23.7 Å². The maximum atomic E-state index is 9.50. The number of hydrogen-bond donors (Lipinski definition) is 3. The topological polar surface area (TPSA) is 88.4 Å². The van der Waals surface area contributed by atoms with Crippen LogP contribution >= 0.6 is 0 Å². The van der Waals surface area contributed by atoms with Gasteiger partial charge < -0.3 is 29.5 Å². The third-order valence-electron chi connectivity index (χ3n) is 5.77. The molecule has 0 bridgehead atoms. The highest BCUT2D eigenvalue weighted by Crippen LogP contribution is 2.40. The molecule has 0 radical (unpaired) electrons. The van der Waals surface area contributed by atoms with Crippen LogP contribution in [-0.4, -0.2) is 53.5 Å². The highest BCUT2D eigenvalue weighted by atomic mass is 16.5. The Labute approximate surface area is 207 Å². The van der Waals surface area contributed by atoms with Gasteiger partial charge in [0.25, 0.3) is 0 Å². The number of ether oxygens (including phenoxy) is 3. The molecule has 3 N–H and O–H groups in total. The molecule has 0 heterocycles. The predicted molar refractivity (Wildman–Crippen MR) is 136 cm³/mol. The van der Waals surface area contributed by atoms with Crippen LogP contribution in [0.5, 0.6) is 17.2 Å². The zero-order chi connectivity index (χ0) is 25.4. The molecule has 0 spiro atoms. The van der Waals surface area contributed by atoms with Crippen molar-refractivity contribution in [2.24, 2.45) is 0 Å². The van der Waals surface area contributed by atoms with Crippen LogP contribution in [0.2, 0.25) is 0 Å². The summed E-state index contributed by atoms with van der Waals surface area (Å²) < 4.78 is 16.9. The van der Waals surface area contributed by atoms with Gasteiger partial charge in [0.05, 0.1) is 18.3 Å². The van der Waals surface area contributed by atoms with Gasteiger partial charge in [-0.3, -0.25) is 0 Å². The van der Waals surface area contributed by atoms with Crippen LogP contribution in [0.25, 0.3) is 0 Å². The van der Waals surface area contributed by atoms with Gasteiger partial charge in [0.2, 0.25) is 0 Å². The molecule has 3 atom stereocenters. The van der Waals surface area contributed by atoms with Crippen molar-refractivity contribution in [3.8, 4) is 17.2 Å². The van der Waals surface area contributed by atoms with Gasteiger partial charge in [0.1, 0.15) is 37.1 Å². The first-order valence-corrected chi connectivity index (χ1v) is 11.9. The Balaban J connectivity index is 1.95. The average Bonchev–Trinajstić information content (AvgIpc) is 2.85. The van der Waals surface area contributed by atoms with Crippen LogP contribution in [-0.2, 0) is 5.41 Å². The van der Waals surface area contributed by atoms with Crippen molar-refractivity contribution in [1.82, 2.24) is 0 Å². The van der Waals surface area contributed by atoms with Crippen molar-refractivity contribution in [3.63, 3.8) is 0 Å². The molecular weight excluding hydrogens is 444 g/mol. The van der Waals surface area contributed by atoms with Gasteiger partial charge in [-0.25, -0.2) is 0 Å². The van der Waals surface area contributed by atoms with E-state index in [0.29, 0.717) is 17.2 Å². The van der Waals surface area contributed by atoms with Crippen molar-refractivity contribution in [1.29, 1.82) is 0 Å². The quantitative estimate of drug-likeness (QED) is 0.335. The summed E-state index contributed by atoms with van der Waals surface area (Å²) >= 11 is 0. The van der Waals surface area contributed by atoms with Gasteiger partial charge in [0, 0.05) is 5.41 Å². The minimum Gasteiger partial charge on any atom is -0.491 e. The number of aliphatic hydroxyl groups excluding tert-OH is 3. The highest BCUT2D eigenvalue weighted by Gasteiger charge is 2.31. The van der Waals surface area contributed by atoms with E-state index in [2.05, 4.69) is 6.92 Å². The van der Waals surface area contributed by atoms with Crippen molar-refractivity contribution in [3.05, 3.63) is 89.5 Å². The molecule has 3 aromatic rings. The first kappa shape index (κ1) is 26.5. The average molecular weight is 481 g/mol. The fraction of sp³-hybridized carbons (Fsp3) is 0.379. The Kier molecular flexibility index (Phi) is 9.15. The largest absolute Gasteiger partial charge is 0.491 e. The summed E-state index contributed by atoms with van der Waals surface area (Å²) in [5.74, 6) is 2.09. The van der Waals surface area contributed by atoms with Crippen LogP contribution in [0, 0.1) is 0 Å². The van der Waals surface area contributed by atoms with Gasteiger partial charge in [-0.15, -0.1) is 0 Å². The maximum absolute atomic E-state index is 9.50. The van der Waals surface area contributed by atoms with Gasteiger partial charge in [-0.1, -0.05) is 36.4 Å². The standard InChI is InChI=1S/C29H36O6/c1-20(30)17-33-26-11-5-23(6-12-26)29(4,24-7-13-27(14-8-24)34-18-21(2)31)25-9-15-28(16-10-25)35-19-22(3)32/h5-16,20-22,30-32H,17-19H2,1-4H3. The lowest BCUT2D eigenvalue weighted by molar-refractivity contribution is 0.122. The summed E-state index contributed by atoms with van der Waals surface area (Å²) in [6.07, 6.45) is -1.61. The monoisotopic (exact) mass is 480 g/mol. The summed E-state index contributed by atoms with van der Waals surface area (Å²) in [6, 6.07) is 23.7. The smallest absolute Gasteiger partial charge is 0.119 e. The molecule has 3 unspecified atom stereocenters. The van der Waals surface area contributed by atoms with Crippen LogP contribution in [0.15, 0.2) is 72.8 Å². The Bertz CT molecular complexity index is 890. The van der Waals surface area contributed by atoms with E-state index in [4.69, 9.17) is 14.2 Å². The second kappa shape index (κ2) is 12.1. The molecule has 0 aromatic heterocycles. The van der Waals surface area contributed by atoms with E-state index in [1.807, 2.05) is 72.8 Å². The summed E-state index contributed by atoms with van der Waals surface area (Å²) in [4.78, 5) is 0. The minimum absolute atomic E-state index is 0.235. The lowest BCUT2D eigenvalue weighted by Gasteiger charge is -2.32. The van der Waals surface area contributed by atoms with E-state index in [1.165, 1.54) is 0 Å². The van der Waals surface area contributed by atoms with Gasteiger partial charge in [-0.2, -0.15) is 0 Å². The molecule has 188 valence electrons. The fourth-order valence-electron chi connectivity index (χ4n) is 3.80. The molecule has 6 nitrogen and oxygen atoms in total. The number of hydrogen-bond acceptors (Lipinski definition) is 6. The summed E-state index contributed by atoms with van der Waals surface area (Å²) in [5.41, 5.74) is 2.71. The van der Waals surface area contributed by atoms with Crippen molar-refractivity contribution < 1.29 is 29.5 Å². The number of aliphatic hydroxyl groups is 3. The maximum Gasteiger partial charge on any atom is 0.119 e. The van der Waals surface area contributed by atoms with E-state index >= 15 is 0 Å². The van der Waals surface area contributed by atoms with Gasteiger partial charge >= 0.3 is 0 Å². The van der Waals surface area contributed by atoms with E-state index in [-0.39, 0.29) is 19.8 Å². The van der Waals surface area contributed by atoms with E-state index in [9.17, 15) is 15.3 Å². The SMILES string of the molecule is CC(O)COc1ccc(C(C)(c2ccc(OCC(C)O)cc2)c2ccc(OCC(C)O)cc2)cc1. The summed E-state index contributed by atoms with van der Waals surface area (Å²) in [6.45, 7) is 7.93. The zero-order valence-electron chi connectivity index (χ0n) is 20.8. The predicted octanol–water partition coefficient (Wildman–Crippen LogP) is 4.32. The fourth-order valence-corrected chi connectivity index (χ4v) is 3.80. The Morgan fingerprint density at radius 3 is 0.943 bits per heavy atom. The first-order chi connectivity index (χ1) is 16.7. The minimum atomic E-state index is -0.538. The van der Waals surface area contributed by atoms with E-state index in [1.54, 1.807) is 20.8 Å². The van der Waals surface area contributed by atoms with Crippen LogP contribution in [0.4, 0.5) is 0 Å². The molecule has 0 saturated carbocycles. The molecule has 0 aliphatic carbocycles. The molecule has 6 heteroatoms. The van der Waals surface area contributed by atoms with Crippen molar-refractivity contribution in [2.75, 3.05) is 19.8 Å². The van der Waals surface area contributed by atoms with Crippen molar-refractivity contribution in [2.45, 2.75) is 51.4 Å². The Morgan fingerprint density at radius 1 is 0.514 bits per heavy atom. The number of benzene rings is 3. The molecule has 0 aliphatic rings. The third kappa shape index (κ3) is 7.21. The molecule has 3 aromatic carbocycles. The van der Waals surface area contributed by atoms with E-state index in [0.717, 1.165) is 16.7 Å². The van der Waals surface area contributed by atoms with Gasteiger partial charge in [0.15, 0.2) is 0 Å². The second-order valence-corrected chi connectivity index (χ2v) is 9.18. The first-order valence-electron chi connectivity index (χ1n) is 11.9. The third-order valence-corrected chi connectivity index (χ3v) is 5.77. The van der Waals surface area contributed by atoms with Crippen LogP contribution < -0.4 is 14.2 Å². The number of rotatable bonds is 12. The summed E-state index contributed by atoms with van der Waals surface area (Å²) in [5, 5.41) is 28.5. The second-order valence-electron chi connectivity index (χ2n) is 9.18. The highest BCUT2D eigenvalue weighted by molar-refractivity contribution is 5.52. The zero-order valence-corrected chi connectivity index (χ0v) is 20.8.